The molecule has 0 unspecified atom stereocenters. The number of rotatable bonds is 4. The molecule has 0 aliphatic carbocycles. The summed E-state index contributed by atoms with van der Waals surface area (Å²) in [5.74, 6) is 0. The topological polar surface area (TPSA) is 50.9 Å². The van der Waals surface area contributed by atoms with Crippen molar-refractivity contribution in [3.8, 4) is 0 Å². The number of fused-ring (bicyclic) bond motifs is 1. The maximum absolute atomic E-state index is 5.85. The average molecular weight is 263 g/mol. The summed E-state index contributed by atoms with van der Waals surface area (Å²) in [6, 6.07) is 16.9. The molecular formula is C17H17N3. The second-order valence-corrected chi connectivity index (χ2v) is 4.82. The van der Waals surface area contributed by atoms with Gasteiger partial charge >= 0.3 is 0 Å². The lowest BCUT2D eigenvalue weighted by molar-refractivity contribution is 1.02. The lowest BCUT2D eigenvalue weighted by Gasteiger charge is -2.09. The summed E-state index contributed by atoms with van der Waals surface area (Å²) in [6.45, 7) is 0.854. The number of hydrogen-bond acceptors (Lipinski definition) is 3. The zero-order chi connectivity index (χ0) is 13.8. The van der Waals surface area contributed by atoms with Gasteiger partial charge in [-0.25, -0.2) is 0 Å². The van der Waals surface area contributed by atoms with Crippen LogP contribution in [0.15, 0.2) is 60.9 Å². The standard InChI is InChI=1S/C17H17N3/c18-16-12-19-9-8-17(16)20-10-7-13-5-6-14-3-1-2-4-15(14)11-13/h1-6,8-9,11-12H,7,10,18H2,(H,19,20). The van der Waals surface area contributed by atoms with Crippen LogP contribution in [-0.4, -0.2) is 11.5 Å². The maximum atomic E-state index is 5.85. The highest BCUT2D eigenvalue weighted by molar-refractivity contribution is 5.83. The van der Waals surface area contributed by atoms with E-state index < -0.39 is 0 Å². The van der Waals surface area contributed by atoms with Crippen LogP contribution in [0.3, 0.4) is 0 Å². The molecule has 0 saturated carbocycles. The van der Waals surface area contributed by atoms with E-state index in [2.05, 4.69) is 52.8 Å². The minimum atomic E-state index is 0.686. The van der Waals surface area contributed by atoms with Crippen molar-refractivity contribution >= 4 is 22.1 Å². The number of anilines is 2. The zero-order valence-corrected chi connectivity index (χ0v) is 11.2. The molecule has 1 heterocycles. The van der Waals surface area contributed by atoms with Crippen molar-refractivity contribution in [1.29, 1.82) is 0 Å². The summed E-state index contributed by atoms with van der Waals surface area (Å²) in [6.07, 6.45) is 4.37. The van der Waals surface area contributed by atoms with Crippen molar-refractivity contribution in [2.75, 3.05) is 17.6 Å². The first kappa shape index (κ1) is 12.5. The van der Waals surface area contributed by atoms with Crippen LogP contribution in [0.5, 0.6) is 0 Å². The summed E-state index contributed by atoms with van der Waals surface area (Å²) in [4.78, 5) is 3.98. The highest BCUT2D eigenvalue weighted by Gasteiger charge is 1.99. The molecule has 3 N–H and O–H groups in total. The van der Waals surface area contributed by atoms with E-state index in [1.807, 2.05) is 6.07 Å². The highest BCUT2D eigenvalue weighted by Crippen LogP contribution is 2.17. The van der Waals surface area contributed by atoms with E-state index in [-0.39, 0.29) is 0 Å². The van der Waals surface area contributed by atoms with E-state index in [0.29, 0.717) is 5.69 Å². The molecule has 1 aromatic heterocycles. The maximum Gasteiger partial charge on any atom is 0.0736 e. The van der Waals surface area contributed by atoms with Gasteiger partial charge in [-0.1, -0.05) is 42.5 Å². The lowest BCUT2D eigenvalue weighted by Crippen LogP contribution is -2.07. The Hall–Kier alpha value is -2.55. The van der Waals surface area contributed by atoms with E-state index in [0.717, 1.165) is 18.7 Å². The molecule has 0 spiro atoms. The van der Waals surface area contributed by atoms with Gasteiger partial charge in [-0.15, -0.1) is 0 Å². The molecule has 0 aliphatic heterocycles. The second-order valence-electron chi connectivity index (χ2n) is 4.82. The second kappa shape index (κ2) is 5.61. The normalized spacial score (nSPS) is 10.6. The quantitative estimate of drug-likeness (QED) is 0.757. The molecule has 3 nitrogen and oxygen atoms in total. The third-order valence-corrected chi connectivity index (χ3v) is 3.39. The molecule has 3 heteroatoms. The molecule has 3 aromatic rings. The Morgan fingerprint density at radius 3 is 2.70 bits per heavy atom. The van der Waals surface area contributed by atoms with Crippen LogP contribution >= 0.6 is 0 Å². The van der Waals surface area contributed by atoms with E-state index in [1.165, 1.54) is 16.3 Å². The molecule has 0 atom stereocenters. The lowest BCUT2D eigenvalue weighted by atomic mass is 10.1. The highest BCUT2D eigenvalue weighted by atomic mass is 14.9. The van der Waals surface area contributed by atoms with Crippen LogP contribution < -0.4 is 11.1 Å². The van der Waals surface area contributed by atoms with E-state index in [1.54, 1.807) is 12.4 Å². The molecule has 3 rings (SSSR count). The predicted octanol–water partition coefficient (Wildman–Crippen LogP) is 3.47. The largest absolute Gasteiger partial charge is 0.396 e. The average Bonchev–Trinajstić information content (AvgIpc) is 2.49. The number of benzene rings is 2. The number of aromatic nitrogens is 1. The van der Waals surface area contributed by atoms with Crippen LogP contribution in [-0.2, 0) is 6.42 Å². The van der Waals surface area contributed by atoms with Gasteiger partial charge < -0.3 is 11.1 Å². The van der Waals surface area contributed by atoms with E-state index >= 15 is 0 Å². The third kappa shape index (κ3) is 2.72. The Bertz CT molecular complexity index is 722. The van der Waals surface area contributed by atoms with Crippen molar-refractivity contribution in [2.45, 2.75) is 6.42 Å². The molecule has 0 radical (unpaired) electrons. The van der Waals surface area contributed by atoms with Crippen LogP contribution in [0.4, 0.5) is 11.4 Å². The summed E-state index contributed by atoms with van der Waals surface area (Å²) in [7, 11) is 0. The van der Waals surface area contributed by atoms with Gasteiger partial charge in [0, 0.05) is 12.7 Å². The molecule has 2 aromatic carbocycles. The number of nitrogens with two attached hydrogens (primary N) is 1. The van der Waals surface area contributed by atoms with Gasteiger partial charge in [-0.3, -0.25) is 4.98 Å². The number of nitrogens with one attached hydrogen (secondary N) is 1. The van der Waals surface area contributed by atoms with Crippen molar-refractivity contribution < 1.29 is 0 Å². The van der Waals surface area contributed by atoms with Gasteiger partial charge in [0.2, 0.25) is 0 Å². The smallest absolute Gasteiger partial charge is 0.0736 e. The van der Waals surface area contributed by atoms with E-state index in [4.69, 9.17) is 5.73 Å². The molecule has 100 valence electrons. The summed E-state index contributed by atoms with van der Waals surface area (Å²) in [5, 5.41) is 5.91. The zero-order valence-electron chi connectivity index (χ0n) is 11.2. The molecule has 0 saturated heterocycles. The first-order valence-electron chi connectivity index (χ1n) is 6.74. The molecule has 0 bridgehead atoms. The Kier molecular flexibility index (Phi) is 3.50. The SMILES string of the molecule is Nc1cnccc1NCCc1ccc2ccccc2c1. The summed E-state index contributed by atoms with van der Waals surface area (Å²) >= 11 is 0. The monoisotopic (exact) mass is 263 g/mol. The fourth-order valence-corrected chi connectivity index (χ4v) is 2.30. The summed E-state index contributed by atoms with van der Waals surface area (Å²) in [5.41, 5.74) is 8.80. The number of nitrogen functional groups attached to an aromatic ring is 1. The first-order chi connectivity index (χ1) is 9.83. The van der Waals surface area contributed by atoms with Gasteiger partial charge in [0.25, 0.3) is 0 Å². The van der Waals surface area contributed by atoms with Crippen LogP contribution in [0.2, 0.25) is 0 Å². The predicted molar refractivity (Wildman–Crippen MR) is 84.8 cm³/mol. The van der Waals surface area contributed by atoms with Crippen LogP contribution in [0, 0.1) is 0 Å². The van der Waals surface area contributed by atoms with Crippen molar-refractivity contribution in [2.24, 2.45) is 0 Å². The van der Waals surface area contributed by atoms with Crippen LogP contribution in [0.25, 0.3) is 10.8 Å². The van der Waals surface area contributed by atoms with Crippen LogP contribution in [0.1, 0.15) is 5.56 Å². The molecule has 0 aliphatic rings. The molecule has 0 amide bonds. The van der Waals surface area contributed by atoms with Gasteiger partial charge in [0.05, 0.1) is 17.6 Å². The third-order valence-electron chi connectivity index (χ3n) is 3.39. The minimum absolute atomic E-state index is 0.686. The number of hydrogen-bond donors (Lipinski definition) is 2. The van der Waals surface area contributed by atoms with E-state index in [9.17, 15) is 0 Å². The molecule has 20 heavy (non-hydrogen) atoms. The van der Waals surface area contributed by atoms with Gasteiger partial charge in [-0.05, 0) is 28.8 Å². The molecule has 0 fully saturated rings. The Labute approximate surface area is 118 Å². The van der Waals surface area contributed by atoms with Gasteiger partial charge in [0.1, 0.15) is 0 Å². The number of nitrogens with zero attached hydrogens (tertiary/aromatic N) is 1. The van der Waals surface area contributed by atoms with Crippen molar-refractivity contribution in [3.63, 3.8) is 0 Å². The fraction of sp³-hybridized carbons (Fsp3) is 0.118. The Morgan fingerprint density at radius 2 is 1.85 bits per heavy atom. The minimum Gasteiger partial charge on any atom is -0.396 e. The number of pyridine rings is 1. The van der Waals surface area contributed by atoms with Crippen molar-refractivity contribution in [1.82, 2.24) is 4.98 Å². The Morgan fingerprint density at radius 1 is 1.00 bits per heavy atom. The van der Waals surface area contributed by atoms with Crippen molar-refractivity contribution in [3.05, 3.63) is 66.5 Å². The Balaban J connectivity index is 1.67. The summed E-state index contributed by atoms with van der Waals surface area (Å²) < 4.78 is 0. The van der Waals surface area contributed by atoms with Gasteiger partial charge in [-0.2, -0.15) is 0 Å². The fourth-order valence-electron chi connectivity index (χ4n) is 2.30. The first-order valence-corrected chi connectivity index (χ1v) is 6.74. The van der Waals surface area contributed by atoms with Gasteiger partial charge in [0.15, 0.2) is 0 Å². The molecular weight excluding hydrogens is 246 g/mol.